The molecule has 6 heteroatoms. The first-order chi connectivity index (χ1) is 9.13. The van der Waals surface area contributed by atoms with Gasteiger partial charge in [-0.15, -0.1) is 0 Å². The number of hydrogen-bond donors (Lipinski definition) is 0. The number of carbonyl (C=O) groups is 1. The number of amides is 1. The Morgan fingerprint density at radius 2 is 2.00 bits per heavy atom. The number of rotatable bonds is 2. The summed E-state index contributed by atoms with van der Waals surface area (Å²) in [5.74, 6) is -0.0523. The molecular formula is C14H18ClNO3S. The van der Waals surface area contributed by atoms with E-state index in [1.807, 2.05) is 18.7 Å². The fraction of sp³-hybridized carbons (Fsp3) is 0.500. The van der Waals surface area contributed by atoms with E-state index in [1.54, 1.807) is 13.0 Å². The first-order valence-electron chi connectivity index (χ1n) is 6.50. The van der Waals surface area contributed by atoms with Gasteiger partial charge in [-0.1, -0.05) is 0 Å². The number of likely N-dealkylation sites (tertiary alicyclic amines) is 1. The molecule has 0 spiro atoms. The van der Waals surface area contributed by atoms with E-state index in [1.165, 1.54) is 12.1 Å². The molecule has 0 saturated carbocycles. The quantitative estimate of drug-likeness (QED) is 0.788. The average molecular weight is 316 g/mol. The van der Waals surface area contributed by atoms with Crippen molar-refractivity contribution in [1.82, 2.24) is 4.90 Å². The molecule has 1 aromatic rings. The fourth-order valence-electron chi connectivity index (χ4n) is 2.66. The fourth-order valence-corrected chi connectivity index (χ4v) is 3.49. The first-order valence-corrected chi connectivity index (χ1v) is 8.81. The van der Waals surface area contributed by atoms with Crippen molar-refractivity contribution in [3.05, 3.63) is 29.3 Å². The minimum absolute atomic E-state index is 0.0221. The third-order valence-corrected chi connectivity index (χ3v) is 5.21. The van der Waals surface area contributed by atoms with Crippen LogP contribution in [0.2, 0.25) is 0 Å². The van der Waals surface area contributed by atoms with Crippen molar-refractivity contribution in [2.45, 2.75) is 44.0 Å². The highest BCUT2D eigenvalue weighted by Crippen LogP contribution is 2.30. The van der Waals surface area contributed by atoms with Gasteiger partial charge in [0.2, 0.25) is 0 Å². The van der Waals surface area contributed by atoms with E-state index in [-0.39, 0.29) is 16.3 Å². The Balaban J connectivity index is 2.37. The number of hydrogen-bond acceptors (Lipinski definition) is 3. The number of benzene rings is 1. The van der Waals surface area contributed by atoms with Gasteiger partial charge in [0.05, 0.1) is 4.90 Å². The third kappa shape index (κ3) is 2.83. The van der Waals surface area contributed by atoms with Crippen LogP contribution >= 0.6 is 10.7 Å². The van der Waals surface area contributed by atoms with Crippen LogP contribution in [0.1, 0.15) is 42.6 Å². The summed E-state index contributed by atoms with van der Waals surface area (Å²) in [4.78, 5) is 14.5. The zero-order chi connectivity index (χ0) is 15.1. The highest BCUT2D eigenvalue weighted by Gasteiger charge is 2.36. The Bertz CT molecular complexity index is 652. The van der Waals surface area contributed by atoms with Crippen LogP contribution in [0.5, 0.6) is 0 Å². The molecule has 0 unspecified atom stereocenters. The van der Waals surface area contributed by atoms with Gasteiger partial charge in [0.25, 0.3) is 15.0 Å². The molecule has 4 nitrogen and oxygen atoms in total. The van der Waals surface area contributed by atoms with Crippen LogP contribution in [0.3, 0.4) is 0 Å². The van der Waals surface area contributed by atoms with Gasteiger partial charge in [0, 0.05) is 28.3 Å². The standard InChI is InChI=1S/C14H18ClNO3S/c1-10-9-11(20(15,18)19)5-6-12(10)13(17)16-8-4-7-14(16,2)3/h5-6,9H,4,7-8H2,1-3H3. The highest BCUT2D eigenvalue weighted by molar-refractivity contribution is 8.13. The van der Waals surface area contributed by atoms with Crippen LogP contribution in [0, 0.1) is 6.92 Å². The molecule has 1 aromatic carbocycles. The first kappa shape index (κ1) is 15.3. The Labute approximate surface area is 124 Å². The number of halogens is 1. The maximum absolute atomic E-state index is 12.6. The minimum Gasteiger partial charge on any atom is -0.334 e. The minimum atomic E-state index is -3.76. The number of carbonyl (C=O) groups excluding carboxylic acids is 1. The Morgan fingerprint density at radius 3 is 2.45 bits per heavy atom. The van der Waals surface area contributed by atoms with Gasteiger partial charge in [-0.3, -0.25) is 4.79 Å². The summed E-state index contributed by atoms with van der Waals surface area (Å²) in [6.45, 7) is 6.55. The zero-order valence-electron chi connectivity index (χ0n) is 11.8. The second-order valence-electron chi connectivity index (χ2n) is 5.79. The van der Waals surface area contributed by atoms with Crippen molar-refractivity contribution in [2.75, 3.05) is 6.54 Å². The van der Waals surface area contributed by atoms with Crippen LogP contribution in [-0.4, -0.2) is 31.3 Å². The topological polar surface area (TPSA) is 54.5 Å². The summed E-state index contributed by atoms with van der Waals surface area (Å²) in [7, 11) is 1.55. The predicted octanol–water partition coefficient (Wildman–Crippen LogP) is 2.94. The van der Waals surface area contributed by atoms with E-state index in [0.29, 0.717) is 11.1 Å². The van der Waals surface area contributed by atoms with Crippen LogP contribution < -0.4 is 0 Å². The normalized spacial score (nSPS) is 18.3. The molecule has 1 aliphatic rings. The van der Waals surface area contributed by atoms with Crippen LogP contribution in [0.25, 0.3) is 0 Å². The van der Waals surface area contributed by atoms with Gasteiger partial charge in [-0.2, -0.15) is 0 Å². The molecule has 0 bridgehead atoms. The largest absolute Gasteiger partial charge is 0.334 e. The SMILES string of the molecule is Cc1cc(S(=O)(=O)Cl)ccc1C(=O)N1CCCC1(C)C. The molecule has 0 N–H and O–H groups in total. The second-order valence-corrected chi connectivity index (χ2v) is 8.35. The summed E-state index contributed by atoms with van der Waals surface area (Å²) < 4.78 is 22.6. The Hall–Kier alpha value is -1.07. The van der Waals surface area contributed by atoms with Crippen LogP contribution in [0.4, 0.5) is 0 Å². The van der Waals surface area contributed by atoms with Gasteiger partial charge in [0.1, 0.15) is 0 Å². The molecule has 1 heterocycles. The monoisotopic (exact) mass is 315 g/mol. The molecule has 1 amide bonds. The van der Waals surface area contributed by atoms with Gasteiger partial charge in [-0.05, 0) is 57.4 Å². The van der Waals surface area contributed by atoms with Crippen molar-refractivity contribution < 1.29 is 13.2 Å². The van der Waals surface area contributed by atoms with E-state index in [2.05, 4.69) is 0 Å². The smallest absolute Gasteiger partial charge is 0.261 e. The molecule has 0 aliphatic carbocycles. The summed E-state index contributed by atoms with van der Waals surface area (Å²) in [5.41, 5.74) is 1.00. The lowest BCUT2D eigenvalue weighted by atomic mass is 10.0. The van der Waals surface area contributed by atoms with Gasteiger partial charge in [-0.25, -0.2) is 8.42 Å². The number of nitrogens with zero attached hydrogens (tertiary/aromatic N) is 1. The molecule has 2 rings (SSSR count). The van der Waals surface area contributed by atoms with E-state index in [4.69, 9.17) is 10.7 Å². The average Bonchev–Trinajstić information content (AvgIpc) is 2.66. The zero-order valence-corrected chi connectivity index (χ0v) is 13.4. The van der Waals surface area contributed by atoms with Crippen molar-refractivity contribution in [2.24, 2.45) is 0 Å². The summed E-state index contributed by atoms with van der Waals surface area (Å²) in [6, 6.07) is 4.37. The maximum atomic E-state index is 12.6. The Kier molecular flexibility index (Phi) is 3.86. The third-order valence-electron chi connectivity index (χ3n) is 3.86. The van der Waals surface area contributed by atoms with Gasteiger partial charge < -0.3 is 4.90 Å². The lowest BCUT2D eigenvalue weighted by Crippen LogP contribution is -2.42. The molecule has 0 aromatic heterocycles. The van der Waals surface area contributed by atoms with Crippen LogP contribution in [-0.2, 0) is 9.05 Å². The van der Waals surface area contributed by atoms with Crippen molar-refractivity contribution in [3.63, 3.8) is 0 Å². The summed E-state index contributed by atoms with van der Waals surface area (Å²) in [5, 5.41) is 0. The lowest BCUT2D eigenvalue weighted by Gasteiger charge is -2.32. The van der Waals surface area contributed by atoms with Crippen molar-refractivity contribution in [3.8, 4) is 0 Å². The molecule has 1 saturated heterocycles. The van der Waals surface area contributed by atoms with Gasteiger partial charge in [0.15, 0.2) is 0 Å². The maximum Gasteiger partial charge on any atom is 0.261 e. The number of aryl methyl sites for hydroxylation is 1. The van der Waals surface area contributed by atoms with E-state index in [0.717, 1.165) is 19.4 Å². The molecule has 0 atom stereocenters. The summed E-state index contributed by atoms with van der Waals surface area (Å²) >= 11 is 0. The molecule has 20 heavy (non-hydrogen) atoms. The molecule has 0 radical (unpaired) electrons. The molecule has 110 valence electrons. The van der Waals surface area contributed by atoms with E-state index < -0.39 is 9.05 Å². The summed E-state index contributed by atoms with van der Waals surface area (Å²) in [6.07, 6.45) is 1.97. The molecular weight excluding hydrogens is 298 g/mol. The van der Waals surface area contributed by atoms with Crippen molar-refractivity contribution >= 4 is 25.6 Å². The lowest BCUT2D eigenvalue weighted by molar-refractivity contribution is 0.0651. The molecule has 1 aliphatic heterocycles. The van der Waals surface area contributed by atoms with Crippen LogP contribution in [0.15, 0.2) is 23.1 Å². The highest BCUT2D eigenvalue weighted by atomic mass is 35.7. The Morgan fingerprint density at radius 1 is 1.35 bits per heavy atom. The van der Waals surface area contributed by atoms with E-state index in [9.17, 15) is 13.2 Å². The second kappa shape index (κ2) is 5.04. The van der Waals surface area contributed by atoms with Gasteiger partial charge >= 0.3 is 0 Å². The van der Waals surface area contributed by atoms with Crippen molar-refractivity contribution in [1.29, 1.82) is 0 Å². The molecule has 1 fully saturated rings. The van der Waals surface area contributed by atoms with E-state index >= 15 is 0 Å². The predicted molar refractivity (Wildman–Crippen MR) is 78.6 cm³/mol.